The first kappa shape index (κ1) is 11.7. The summed E-state index contributed by atoms with van der Waals surface area (Å²) >= 11 is 0. The maximum atomic E-state index is 12.2. The minimum absolute atomic E-state index is 0.473. The van der Waals surface area contributed by atoms with Crippen LogP contribution in [0.25, 0.3) is 0 Å². The van der Waals surface area contributed by atoms with Crippen LogP contribution in [0.4, 0.5) is 0 Å². The molecule has 84 valence electrons. The first-order valence-corrected chi connectivity index (χ1v) is 6.78. The summed E-state index contributed by atoms with van der Waals surface area (Å²) in [7, 11) is -1.56. The van der Waals surface area contributed by atoms with Gasteiger partial charge in [0.1, 0.15) is 0 Å². The van der Waals surface area contributed by atoms with E-state index >= 15 is 0 Å². The van der Waals surface area contributed by atoms with E-state index in [1.165, 1.54) is 0 Å². The Morgan fingerprint density at radius 1 is 0.941 bits per heavy atom. The summed E-state index contributed by atoms with van der Waals surface area (Å²) in [5.74, 6) is 0. The summed E-state index contributed by atoms with van der Waals surface area (Å²) in [6.07, 6.45) is 1.23. The van der Waals surface area contributed by atoms with Gasteiger partial charge in [-0.15, -0.1) is 0 Å². The van der Waals surface area contributed by atoms with Gasteiger partial charge in [-0.25, -0.2) is 0 Å². The van der Waals surface area contributed by atoms with E-state index in [0.717, 1.165) is 11.8 Å². The normalized spacial score (nSPS) is 10.9. The average Bonchev–Trinajstić information content (AvgIpc) is 2.40. The number of carbonyl (C=O) groups is 1. The molecule has 0 radical (unpaired) electrons. The Balaban J connectivity index is 2.23. The second-order valence-electron chi connectivity index (χ2n) is 3.70. The zero-order valence-corrected chi connectivity index (χ0v) is 10.1. The first-order chi connectivity index (χ1) is 8.31. The van der Waals surface area contributed by atoms with Crippen LogP contribution in [0, 0.1) is 0 Å². The lowest BCUT2D eigenvalue weighted by atomic mass is 10.2. The Morgan fingerprint density at radius 2 is 1.59 bits per heavy atom. The predicted molar refractivity (Wildman–Crippen MR) is 69.2 cm³/mol. The van der Waals surface area contributed by atoms with Crippen molar-refractivity contribution in [2.24, 2.45) is 0 Å². The molecule has 17 heavy (non-hydrogen) atoms. The summed E-state index contributed by atoms with van der Waals surface area (Å²) in [5.41, 5.74) is 1.54. The number of aldehydes is 1. The summed E-state index contributed by atoms with van der Waals surface area (Å²) in [6, 6.07) is 16.7. The molecule has 0 saturated carbocycles. The Hall–Kier alpha value is -1.79. The molecule has 0 N–H and O–H groups in total. The van der Waals surface area contributed by atoms with E-state index in [0.29, 0.717) is 17.0 Å². The van der Waals surface area contributed by atoms with E-state index in [-0.39, 0.29) is 0 Å². The highest BCUT2D eigenvalue weighted by Gasteiger charge is 2.23. The molecule has 0 amide bonds. The monoisotopic (exact) mass is 243 g/mol. The van der Waals surface area contributed by atoms with Crippen molar-refractivity contribution in [1.82, 2.24) is 0 Å². The molecule has 0 aliphatic carbocycles. The molecule has 1 unspecified atom stereocenters. The lowest BCUT2D eigenvalue weighted by molar-refractivity contribution is 0.112. The van der Waals surface area contributed by atoms with Crippen LogP contribution in [0.5, 0.6) is 0 Å². The summed E-state index contributed by atoms with van der Waals surface area (Å²) < 4.78 is 12.2. The fraction of sp³-hybridized carbons (Fsp3) is 0.0714. The lowest BCUT2D eigenvalue weighted by Crippen LogP contribution is -2.04. The van der Waals surface area contributed by atoms with Crippen LogP contribution in [0.2, 0.25) is 0 Å². The zero-order valence-electron chi connectivity index (χ0n) is 9.24. The average molecular weight is 243 g/mol. The molecule has 2 aromatic carbocycles. The molecule has 2 nitrogen and oxygen atoms in total. The van der Waals surface area contributed by atoms with Crippen molar-refractivity contribution in [3.8, 4) is 0 Å². The maximum Gasteiger partial charge on any atom is 0.382 e. The molecule has 0 aliphatic rings. The van der Waals surface area contributed by atoms with Crippen LogP contribution in [0.3, 0.4) is 0 Å². The van der Waals surface area contributed by atoms with Crippen LogP contribution in [0.1, 0.15) is 15.9 Å². The van der Waals surface area contributed by atoms with Crippen LogP contribution in [0.15, 0.2) is 54.6 Å². The third kappa shape index (κ3) is 2.86. The van der Waals surface area contributed by atoms with E-state index in [1.54, 1.807) is 24.3 Å². The van der Waals surface area contributed by atoms with Gasteiger partial charge in [0.15, 0.2) is 12.4 Å². The van der Waals surface area contributed by atoms with Gasteiger partial charge >= 0.3 is 7.80 Å². The Bertz CT molecular complexity index is 535. The van der Waals surface area contributed by atoms with Crippen LogP contribution in [-0.2, 0) is 10.7 Å². The van der Waals surface area contributed by atoms with Gasteiger partial charge in [-0.3, -0.25) is 4.79 Å². The fourth-order valence-electron chi connectivity index (χ4n) is 1.65. The van der Waals surface area contributed by atoms with E-state index in [1.807, 2.05) is 30.3 Å². The van der Waals surface area contributed by atoms with Crippen molar-refractivity contribution < 1.29 is 9.36 Å². The largest absolute Gasteiger partial charge is 0.382 e. The van der Waals surface area contributed by atoms with Gasteiger partial charge in [0.05, 0.1) is 5.56 Å². The van der Waals surface area contributed by atoms with Crippen molar-refractivity contribution in [2.75, 3.05) is 0 Å². The van der Waals surface area contributed by atoms with E-state index in [4.69, 9.17) is 0 Å². The third-order valence-electron chi connectivity index (χ3n) is 2.50. The number of rotatable bonds is 4. The van der Waals surface area contributed by atoms with E-state index < -0.39 is 7.80 Å². The van der Waals surface area contributed by atoms with E-state index in [9.17, 15) is 9.36 Å². The molecule has 2 aromatic rings. The Kier molecular flexibility index (Phi) is 3.79. The number of carbonyl (C=O) groups excluding carboxylic acids is 1. The highest BCUT2D eigenvalue weighted by Crippen LogP contribution is 2.26. The minimum Gasteiger partial charge on any atom is -0.298 e. The van der Waals surface area contributed by atoms with Crippen LogP contribution in [-0.4, -0.2) is 6.29 Å². The molecule has 0 aliphatic heterocycles. The minimum atomic E-state index is -1.56. The quantitative estimate of drug-likeness (QED) is 0.610. The van der Waals surface area contributed by atoms with Gasteiger partial charge in [-0.1, -0.05) is 47.0 Å². The second-order valence-corrected chi connectivity index (χ2v) is 5.25. The van der Waals surface area contributed by atoms with Crippen molar-refractivity contribution >= 4 is 19.4 Å². The number of hydrogen-bond acceptors (Lipinski definition) is 2. The summed E-state index contributed by atoms with van der Waals surface area (Å²) in [5, 5.41) is 0.640. The SMILES string of the molecule is O=Cc1ccccc1[P+](=O)Cc1ccccc1. The number of hydrogen-bond donors (Lipinski definition) is 0. The number of benzene rings is 2. The predicted octanol–water partition coefficient (Wildman–Crippen LogP) is 3.15. The van der Waals surface area contributed by atoms with Gasteiger partial charge in [-0.05, 0) is 12.1 Å². The van der Waals surface area contributed by atoms with Crippen molar-refractivity contribution in [3.05, 3.63) is 65.7 Å². The topological polar surface area (TPSA) is 34.1 Å². The molecule has 1 atom stereocenters. The molecule has 0 bridgehead atoms. The molecular weight excluding hydrogens is 231 g/mol. The molecule has 0 saturated heterocycles. The summed E-state index contributed by atoms with van der Waals surface area (Å²) in [6.45, 7) is 0. The van der Waals surface area contributed by atoms with Gasteiger partial charge in [0.2, 0.25) is 5.30 Å². The maximum absolute atomic E-state index is 12.2. The van der Waals surface area contributed by atoms with Gasteiger partial charge < -0.3 is 0 Å². The second kappa shape index (κ2) is 5.51. The van der Waals surface area contributed by atoms with Crippen molar-refractivity contribution in [2.45, 2.75) is 6.16 Å². The molecule has 2 rings (SSSR count). The summed E-state index contributed by atoms with van der Waals surface area (Å²) in [4.78, 5) is 10.9. The van der Waals surface area contributed by atoms with E-state index in [2.05, 4.69) is 0 Å². The van der Waals surface area contributed by atoms with Crippen molar-refractivity contribution in [3.63, 3.8) is 0 Å². The fourth-order valence-corrected chi connectivity index (χ4v) is 3.03. The van der Waals surface area contributed by atoms with Gasteiger partial charge in [0.25, 0.3) is 0 Å². The highest BCUT2D eigenvalue weighted by atomic mass is 31.1. The zero-order chi connectivity index (χ0) is 12.1. The smallest absolute Gasteiger partial charge is 0.298 e. The lowest BCUT2D eigenvalue weighted by Gasteiger charge is -1.94. The molecular formula is C14H12O2P+. The van der Waals surface area contributed by atoms with Gasteiger partial charge in [0, 0.05) is 5.56 Å². The van der Waals surface area contributed by atoms with Crippen LogP contribution < -0.4 is 5.30 Å². The molecule has 0 heterocycles. The standard InChI is InChI=1S/C14H12O2P/c15-10-13-8-4-5-9-14(13)17(16)11-12-6-2-1-3-7-12/h1-10H,11H2/q+1. The van der Waals surface area contributed by atoms with Crippen LogP contribution >= 0.6 is 7.80 Å². The third-order valence-corrected chi connectivity index (χ3v) is 4.10. The van der Waals surface area contributed by atoms with Crippen molar-refractivity contribution in [1.29, 1.82) is 0 Å². The molecule has 0 spiro atoms. The van der Waals surface area contributed by atoms with Gasteiger partial charge in [-0.2, -0.15) is 0 Å². The highest BCUT2D eigenvalue weighted by molar-refractivity contribution is 7.52. The first-order valence-electron chi connectivity index (χ1n) is 5.34. The molecule has 3 heteroatoms. The Morgan fingerprint density at radius 3 is 2.29 bits per heavy atom. The molecule has 0 fully saturated rings. The molecule has 0 aromatic heterocycles. The Labute approximate surface area is 101 Å².